The average molecular weight is 354 g/mol. The van der Waals surface area contributed by atoms with Gasteiger partial charge in [0.25, 0.3) is 0 Å². The molecular formula is C17H11FN4O2S. The number of hydrogen-bond donors (Lipinski definition) is 0. The molecule has 1 aliphatic rings. The molecular weight excluding hydrogens is 343 g/mol. The Kier molecular flexibility index (Phi) is 3.17. The van der Waals surface area contributed by atoms with E-state index >= 15 is 0 Å². The molecule has 124 valence electrons. The van der Waals surface area contributed by atoms with Gasteiger partial charge in [-0.25, -0.2) is 4.39 Å². The zero-order valence-electron chi connectivity index (χ0n) is 12.8. The van der Waals surface area contributed by atoms with Crippen LogP contribution in [0.3, 0.4) is 0 Å². The maximum atomic E-state index is 14.0. The molecule has 0 saturated carbocycles. The fourth-order valence-corrected chi connectivity index (χ4v) is 3.60. The monoisotopic (exact) mass is 354 g/mol. The number of fused-ring (bicyclic) bond motifs is 2. The van der Waals surface area contributed by atoms with Crippen molar-refractivity contribution in [2.75, 3.05) is 6.61 Å². The highest BCUT2D eigenvalue weighted by atomic mass is 32.1. The van der Waals surface area contributed by atoms with Crippen LogP contribution in [0, 0.1) is 5.82 Å². The number of halogens is 1. The summed E-state index contributed by atoms with van der Waals surface area (Å²) in [6.45, 7) is 0.310. The highest BCUT2D eigenvalue weighted by Gasteiger charge is 2.28. The first kappa shape index (κ1) is 14.4. The van der Waals surface area contributed by atoms with Gasteiger partial charge in [0, 0.05) is 5.56 Å². The van der Waals surface area contributed by atoms with Crippen molar-refractivity contribution in [3.8, 4) is 22.1 Å². The normalized spacial score (nSPS) is 16.3. The summed E-state index contributed by atoms with van der Waals surface area (Å²) in [5, 5.41) is 13.3. The highest BCUT2D eigenvalue weighted by Crippen LogP contribution is 2.36. The second kappa shape index (κ2) is 5.52. The Labute approximate surface area is 145 Å². The van der Waals surface area contributed by atoms with Gasteiger partial charge in [-0.3, -0.25) is 0 Å². The van der Waals surface area contributed by atoms with Gasteiger partial charge in [-0.05, 0) is 24.3 Å². The second-order valence-electron chi connectivity index (χ2n) is 5.50. The number of benzene rings is 2. The SMILES string of the molecule is Fc1ccccc1-c1nn2c([C@@H]3COc4ccccc4O3)nnc2s1. The van der Waals surface area contributed by atoms with Crippen molar-refractivity contribution in [3.05, 3.63) is 60.2 Å². The summed E-state index contributed by atoms with van der Waals surface area (Å²) in [7, 11) is 0. The second-order valence-corrected chi connectivity index (χ2v) is 6.46. The Hall–Kier alpha value is -3.00. The van der Waals surface area contributed by atoms with Crippen LogP contribution in [0.2, 0.25) is 0 Å². The summed E-state index contributed by atoms with van der Waals surface area (Å²) in [6.07, 6.45) is -0.430. The van der Waals surface area contributed by atoms with Gasteiger partial charge in [-0.1, -0.05) is 35.6 Å². The molecule has 0 N–H and O–H groups in total. The molecule has 1 atom stereocenters. The fraction of sp³-hybridized carbons (Fsp3) is 0.118. The standard InChI is InChI=1S/C17H11FN4O2S/c18-11-6-2-1-5-10(11)16-21-22-15(19-20-17(22)25-16)14-9-23-12-7-3-4-8-13(12)24-14/h1-8,14H,9H2/t14-/m0/s1. The molecule has 2 aromatic heterocycles. The number of nitrogens with zero attached hydrogens (tertiary/aromatic N) is 4. The van der Waals surface area contributed by atoms with Gasteiger partial charge in [-0.15, -0.1) is 10.2 Å². The molecule has 5 rings (SSSR count). The van der Waals surface area contributed by atoms with Gasteiger partial charge >= 0.3 is 0 Å². The third kappa shape index (κ3) is 2.33. The molecule has 1 aliphatic heterocycles. The molecule has 4 aromatic rings. The van der Waals surface area contributed by atoms with Crippen LogP contribution in [0.1, 0.15) is 11.9 Å². The van der Waals surface area contributed by atoms with Gasteiger partial charge in [0.15, 0.2) is 28.4 Å². The van der Waals surface area contributed by atoms with E-state index in [1.165, 1.54) is 17.4 Å². The molecule has 8 heteroatoms. The Morgan fingerprint density at radius 1 is 1.04 bits per heavy atom. The van der Waals surface area contributed by atoms with Crippen LogP contribution in [0.4, 0.5) is 4.39 Å². The molecule has 2 aromatic carbocycles. The fourth-order valence-electron chi connectivity index (χ4n) is 2.72. The van der Waals surface area contributed by atoms with E-state index in [1.807, 2.05) is 24.3 Å². The summed E-state index contributed by atoms with van der Waals surface area (Å²) in [4.78, 5) is 0.579. The Morgan fingerprint density at radius 2 is 1.84 bits per heavy atom. The lowest BCUT2D eigenvalue weighted by Crippen LogP contribution is -2.23. The van der Waals surface area contributed by atoms with E-state index in [-0.39, 0.29) is 5.82 Å². The first-order chi connectivity index (χ1) is 12.3. The number of rotatable bonds is 2. The van der Waals surface area contributed by atoms with Gasteiger partial charge in [0.2, 0.25) is 4.96 Å². The molecule has 0 radical (unpaired) electrons. The summed E-state index contributed by atoms with van der Waals surface area (Å²) in [5.74, 6) is 1.56. The van der Waals surface area contributed by atoms with E-state index in [2.05, 4.69) is 15.3 Å². The molecule has 6 nitrogen and oxygen atoms in total. The van der Waals surface area contributed by atoms with Crippen LogP contribution < -0.4 is 9.47 Å². The van der Waals surface area contributed by atoms with Crippen molar-refractivity contribution in [2.24, 2.45) is 0 Å². The predicted molar refractivity (Wildman–Crippen MR) is 89.4 cm³/mol. The minimum absolute atomic E-state index is 0.310. The van der Waals surface area contributed by atoms with Crippen LogP contribution in [0.15, 0.2) is 48.5 Å². The molecule has 0 amide bonds. The van der Waals surface area contributed by atoms with Crippen molar-refractivity contribution >= 4 is 16.3 Å². The third-order valence-electron chi connectivity index (χ3n) is 3.92. The summed E-state index contributed by atoms with van der Waals surface area (Å²) in [5.41, 5.74) is 0.440. The van der Waals surface area contributed by atoms with Crippen molar-refractivity contribution in [1.82, 2.24) is 19.8 Å². The Morgan fingerprint density at radius 3 is 2.72 bits per heavy atom. The molecule has 0 unspecified atom stereocenters. The molecule has 0 aliphatic carbocycles. The molecule has 0 fully saturated rings. The quantitative estimate of drug-likeness (QED) is 0.551. The molecule has 25 heavy (non-hydrogen) atoms. The van der Waals surface area contributed by atoms with Crippen LogP contribution in [0.25, 0.3) is 15.5 Å². The van der Waals surface area contributed by atoms with Crippen molar-refractivity contribution in [3.63, 3.8) is 0 Å². The van der Waals surface area contributed by atoms with Gasteiger partial charge in [0.05, 0.1) is 0 Å². The van der Waals surface area contributed by atoms with Crippen LogP contribution in [-0.4, -0.2) is 26.4 Å². The van der Waals surface area contributed by atoms with E-state index in [0.29, 0.717) is 39.5 Å². The molecule has 0 spiro atoms. The number of ether oxygens (including phenoxy) is 2. The highest BCUT2D eigenvalue weighted by molar-refractivity contribution is 7.19. The Balaban J connectivity index is 1.54. The van der Waals surface area contributed by atoms with Crippen molar-refractivity contribution < 1.29 is 13.9 Å². The zero-order valence-corrected chi connectivity index (χ0v) is 13.6. The minimum Gasteiger partial charge on any atom is -0.485 e. The number of hydrogen-bond acceptors (Lipinski definition) is 6. The Bertz CT molecular complexity index is 1080. The van der Waals surface area contributed by atoms with Crippen LogP contribution >= 0.6 is 11.3 Å². The lowest BCUT2D eigenvalue weighted by Gasteiger charge is -2.24. The molecule has 0 saturated heterocycles. The lowest BCUT2D eigenvalue weighted by atomic mass is 10.2. The van der Waals surface area contributed by atoms with Crippen LogP contribution in [0.5, 0.6) is 11.5 Å². The first-order valence-electron chi connectivity index (χ1n) is 7.65. The number of para-hydroxylation sites is 2. The summed E-state index contributed by atoms with van der Waals surface area (Å²) < 4.78 is 27.3. The summed E-state index contributed by atoms with van der Waals surface area (Å²) >= 11 is 1.28. The molecule has 3 heterocycles. The predicted octanol–water partition coefficient (Wildman–Crippen LogP) is 3.50. The maximum absolute atomic E-state index is 14.0. The van der Waals surface area contributed by atoms with Gasteiger partial charge < -0.3 is 9.47 Å². The smallest absolute Gasteiger partial charge is 0.235 e. The molecule has 0 bridgehead atoms. The topological polar surface area (TPSA) is 61.5 Å². The van der Waals surface area contributed by atoms with E-state index in [0.717, 1.165) is 0 Å². The van der Waals surface area contributed by atoms with Crippen molar-refractivity contribution in [2.45, 2.75) is 6.10 Å². The van der Waals surface area contributed by atoms with Gasteiger partial charge in [-0.2, -0.15) is 9.61 Å². The zero-order chi connectivity index (χ0) is 16.8. The van der Waals surface area contributed by atoms with E-state index in [1.54, 1.807) is 22.7 Å². The largest absolute Gasteiger partial charge is 0.485 e. The average Bonchev–Trinajstić information content (AvgIpc) is 3.22. The van der Waals surface area contributed by atoms with Gasteiger partial charge in [0.1, 0.15) is 12.4 Å². The third-order valence-corrected chi connectivity index (χ3v) is 4.85. The number of aromatic nitrogens is 4. The lowest BCUT2D eigenvalue weighted by molar-refractivity contribution is 0.0836. The maximum Gasteiger partial charge on any atom is 0.235 e. The van der Waals surface area contributed by atoms with E-state index < -0.39 is 6.10 Å². The van der Waals surface area contributed by atoms with Crippen molar-refractivity contribution in [1.29, 1.82) is 0 Å². The van der Waals surface area contributed by atoms with Crippen LogP contribution in [-0.2, 0) is 0 Å². The summed E-state index contributed by atoms with van der Waals surface area (Å²) in [6, 6.07) is 14.0. The van der Waals surface area contributed by atoms with E-state index in [4.69, 9.17) is 9.47 Å². The minimum atomic E-state index is -0.430. The first-order valence-corrected chi connectivity index (χ1v) is 8.47. The van der Waals surface area contributed by atoms with E-state index in [9.17, 15) is 4.39 Å².